The van der Waals surface area contributed by atoms with Gasteiger partial charge in [0.15, 0.2) is 0 Å². The highest BCUT2D eigenvalue weighted by Gasteiger charge is 2.26. The maximum absolute atomic E-state index is 12.8. The number of ether oxygens (including phenoxy) is 1. The molecular formula is C8H11BrF2N4O. The maximum Gasteiger partial charge on any atom is 0.277 e. The van der Waals surface area contributed by atoms with Gasteiger partial charge in [0.1, 0.15) is 0 Å². The van der Waals surface area contributed by atoms with E-state index < -0.39 is 19.0 Å². The molecule has 0 aliphatic rings. The lowest BCUT2D eigenvalue weighted by molar-refractivity contribution is 0.0252. The predicted molar refractivity (Wildman–Crippen MR) is 58.8 cm³/mol. The van der Waals surface area contributed by atoms with Crippen molar-refractivity contribution in [1.29, 1.82) is 0 Å². The summed E-state index contributed by atoms with van der Waals surface area (Å²) in [5, 5.41) is 2.38. The van der Waals surface area contributed by atoms with Crippen LogP contribution in [-0.2, 0) is 0 Å². The molecule has 1 heterocycles. The molecular weight excluding hydrogens is 286 g/mol. The third kappa shape index (κ3) is 3.53. The smallest absolute Gasteiger partial charge is 0.277 e. The van der Waals surface area contributed by atoms with Gasteiger partial charge in [0.05, 0.1) is 30.9 Å². The molecule has 1 rings (SSSR count). The Morgan fingerprint density at radius 2 is 2.31 bits per heavy atom. The Balaban J connectivity index is 2.68. The van der Waals surface area contributed by atoms with Gasteiger partial charge in [-0.2, -0.15) is 4.98 Å². The van der Waals surface area contributed by atoms with E-state index >= 15 is 0 Å². The fourth-order valence-electron chi connectivity index (χ4n) is 0.860. The summed E-state index contributed by atoms with van der Waals surface area (Å²) in [4.78, 5) is 7.66. The van der Waals surface area contributed by atoms with Crippen LogP contribution >= 0.6 is 15.9 Å². The van der Waals surface area contributed by atoms with Crippen LogP contribution in [0.3, 0.4) is 0 Å². The van der Waals surface area contributed by atoms with Gasteiger partial charge in [-0.05, 0) is 15.9 Å². The Labute approximate surface area is 99.5 Å². The zero-order valence-corrected chi connectivity index (χ0v) is 10.1. The summed E-state index contributed by atoms with van der Waals surface area (Å²) < 4.78 is 31.1. The van der Waals surface area contributed by atoms with E-state index in [-0.39, 0.29) is 11.8 Å². The zero-order chi connectivity index (χ0) is 12.2. The number of nitrogens with zero attached hydrogens (tertiary/aromatic N) is 2. The number of nitrogens with two attached hydrogens (primary N) is 1. The molecule has 0 fully saturated rings. The summed E-state index contributed by atoms with van der Waals surface area (Å²) in [7, 11) is 1.42. The minimum absolute atomic E-state index is 0.0631. The normalized spacial score (nSPS) is 11.3. The largest absolute Gasteiger partial charge is 0.480 e. The molecule has 0 aromatic carbocycles. The molecule has 0 aliphatic heterocycles. The highest BCUT2D eigenvalue weighted by molar-refractivity contribution is 9.10. The van der Waals surface area contributed by atoms with Gasteiger partial charge in [-0.25, -0.2) is 13.8 Å². The quantitative estimate of drug-likeness (QED) is 0.856. The lowest BCUT2D eigenvalue weighted by Gasteiger charge is -2.14. The third-order valence-corrected chi connectivity index (χ3v) is 2.25. The molecule has 0 saturated carbocycles. The van der Waals surface area contributed by atoms with E-state index in [2.05, 4.69) is 31.2 Å². The molecule has 3 N–H and O–H groups in total. The van der Waals surface area contributed by atoms with E-state index in [9.17, 15) is 8.78 Å². The molecule has 90 valence electrons. The van der Waals surface area contributed by atoms with E-state index in [1.807, 2.05) is 0 Å². The molecule has 16 heavy (non-hydrogen) atoms. The van der Waals surface area contributed by atoms with E-state index in [1.165, 1.54) is 13.3 Å². The monoisotopic (exact) mass is 296 g/mol. The van der Waals surface area contributed by atoms with Crippen LogP contribution in [0.1, 0.15) is 0 Å². The minimum atomic E-state index is -2.98. The number of hydrogen-bond donors (Lipinski definition) is 2. The molecule has 0 spiro atoms. The summed E-state index contributed by atoms with van der Waals surface area (Å²) in [6, 6.07) is 0. The first-order chi connectivity index (χ1) is 7.48. The summed E-state index contributed by atoms with van der Waals surface area (Å²) in [6.45, 7) is -1.35. The lowest BCUT2D eigenvalue weighted by Crippen LogP contribution is -2.35. The van der Waals surface area contributed by atoms with Crippen molar-refractivity contribution in [3.05, 3.63) is 10.7 Å². The van der Waals surface area contributed by atoms with Gasteiger partial charge in [-0.1, -0.05) is 0 Å². The highest BCUT2D eigenvalue weighted by atomic mass is 79.9. The molecule has 0 amide bonds. The molecule has 0 saturated heterocycles. The fourth-order valence-corrected chi connectivity index (χ4v) is 1.21. The van der Waals surface area contributed by atoms with E-state index in [4.69, 9.17) is 10.5 Å². The fraction of sp³-hybridized carbons (Fsp3) is 0.500. The predicted octanol–water partition coefficient (Wildman–Crippen LogP) is 1.25. The van der Waals surface area contributed by atoms with Gasteiger partial charge in [0.25, 0.3) is 5.92 Å². The van der Waals surface area contributed by atoms with Crippen LogP contribution in [0.4, 0.5) is 14.7 Å². The van der Waals surface area contributed by atoms with Crippen molar-refractivity contribution in [1.82, 2.24) is 9.97 Å². The molecule has 0 radical (unpaired) electrons. The average molecular weight is 297 g/mol. The van der Waals surface area contributed by atoms with Crippen molar-refractivity contribution in [3.8, 4) is 5.88 Å². The number of aromatic nitrogens is 2. The number of hydrogen-bond acceptors (Lipinski definition) is 5. The van der Waals surface area contributed by atoms with E-state index in [0.717, 1.165) is 0 Å². The first-order valence-electron chi connectivity index (χ1n) is 4.37. The molecule has 0 aliphatic carbocycles. The van der Waals surface area contributed by atoms with E-state index in [1.54, 1.807) is 0 Å². The van der Waals surface area contributed by atoms with Gasteiger partial charge >= 0.3 is 0 Å². The Morgan fingerprint density at radius 3 is 2.88 bits per heavy atom. The molecule has 1 aromatic heterocycles. The first kappa shape index (κ1) is 13.0. The minimum Gasteiger partial charge on any atom is -0.480 e. The topological polar surface area (TPSA) is 73.1 Å². The number of alkyl halides is 2. The van der Waals surface area contributed by atoms with Crippen LogP contribution < -0.4 is 15.8 Å². The van der Waals surface area contributed by atoms with Crippen molar-refractivity contribution in [3.63, 3.8) is 0 Å². The van der Waals surface area contributed by atoms with Gasteiger partial charge in [-0.3, -0.25) is 0 Å². The Hall–Kier alpha value is -1.02. The molecule has 8 heteroatoms. The summed E-state index contributed by atoms with van der Waals surface area (Å²) in [5.41, 5.74) is 4.89. The Kier molecular flexibility index (Phi) is 4.36. The summed E-state index contributed by atoms with van der Waals surface area (Å²) in [6.07, 6.45) is 1.41. The van der Waals surface area contributed by atoms with Crippen LogP contribution in [0.25, 0.3) is 0 Å². The van der Waals surface area contributed by atoms with Crippen molar-refractivity contribution >= 4 is 21.9 Å². The molecule has 0 atom stereocenters. The van der Waals surface area contributed by atoms with Crippen LogP contribution in [-0.4, -0.2) is 36.1 Å². The number of halogens is 3. The highest BCUT2D eigenvalue weighted by Crippen LogP contribution is 2.22. The lowest BCUT2D eigenvalue weighted by atomic mass is 10.3. The zero-order valence-electron chi connectivity index (χ0n) is 8.51. The van der Waals surface area contributed by atoms with Gasteiger partial charge < -0.3 is 15.8 Å². The van der Waals surface area contributed by atoms with Crippen molar-refractivity contribution < 1.29 is 13.5 Å². The van der Waals surface area contributed by atoms with Crippen molar-refractivity contribution in [2.24, 2.45) is 5.73 Å². The second-order valence-electron chi connectivity index (χ2n) is 2.96. The molecule has 0 bridgehead atoms. The average Bonchev–Trinajstić information content (AvgIpc) is 2.28. The second kappa shape index (κ2) is 5.35. The standard InChI is InChI=1S/C8H11BrF2N4O/c1-16-6-5(9)2-13-7(15-6)14-4-8(10,11)3-12/h2H,3-4,12H2,1H3,(H,13,14,15). The third-order valence-electron chi connectivity index (χ3n) is 1.71. The van der Waals surface area contributed by atoms with Crippen molar-refractivity contribution in [2.45, 2.75) is 5.92 Å². The van der Waals surface area contributed by atoms with Gasteiger partial charge in [0.2, 0.25) is 11.8 Å². The second-order valence-corrected chi connectivity index (χ2v) is 3.82. The Bertz CT molecular complexity index is 364. The van der Waals surface area contributed by atoms with Crippen LogP contribution in [0.15, 0.2) is 10.7 Å². The summed E-state index contributed by atoms with van der Waals surface area (Å²) >= 11 is 3.15. The van der Waals surface area contributed by atoms with Crippen LogP contribution in [0, 0.1) is 0 Å². The van der Waals surface area contributed by atoms with Gasteiger partial charge in [0, 0.05) is 0 Å². The van der Waals surface area contributed by atoms with E-state index in [0.29, 0.717) is 4.47 Å². The molecule has 0 unspecified atom stereocenters. The summed E-state index contributed by atoms with van der Waals surface area (Å²) in [5.74, 6) is -2.65. The number of methoxy groups -OCH3 is 1. The number of nitrogens with one attached hydrogen (secondary N) is 1. The van der Waals surface area contributed by atoms with Gasteiger partial charge in [-0.15, -0.1) is 0 Å². The first-order valence-corrected chi connectivity index (χ1v) is 5.16. The molecule has 1 aromatic rings. The Morgan fingerprint density at radius 1 is 1.62 bits per heavy atom. The van der Waals surface area contributed by atoms with Crippen molar-refractivity contribution in [2.75, 3.05) is 25.5 Å². The SMILES string of the molecule is COc1nc(NCC(F)(F)CN)ncc1Br. The number of anilines is 1. The van der Waals surface area contributed by atoms with Crippen LogP contribution in [0.2, 0.25) is 0 Å². The molecule has 5 nitrogen and oxygen atoms in total. The maximum atomic E-state index is 12.8. The van der Waals surface area contributed by atoms with Crippen LogP contribution in [0.5, 0.6) is 5.88 Å². The number of rotatable bonds is 5.